The normalized spacial score (nSPS) is 23.7. The number of nitrogens with two attached hydrogens (primary N) is 2. The Kier molecular flexibility index (Phi) is 2.92. The Hall–Kier alpha value is -1.81. The molecule has 1 aliphatic heterocycles. The van der Waals surface area contributed by atoms with Gasteiger partial charge in [0.05, 0.1) is 0 Å². The number of pyridine rings is 1. The SMILES string of the molecule is NC1=CNC(N)(CCc2ccccn2)C=C1. The van der Waals surface area contributed by atoms with Crippen LogP contribution in [0.1, 0.15) is 12.1 Å². The van der Waals surface area contributed by atoms with E-state index in [1.807, 2.05) is 30.4 Å². The molecule has 4 nitrogen and oxygen atoms in total. The fraction of sp³-hybridized carbons (Fsp3) is 0.250. The molecule has 1 unspecified atom stereocenters. The van der Waals surface area contributed by atoms with Crippen molar-refractivity contribution in [3.8, 4) is 0 Å². The van der Waals surface area contributed by atoms with Crippen molar-refractivity contribution in [2.45, 2.75) is 18.5 Å². The minimum Gasteiger partial charge on any atom is -0.398 e. The molecule has 0 saturated carbocycles. The minimum absolute atomic E-state index is 0.514. The third-order valence-corrected chi connectivity index (χ3v) is 2.60. The number of hydrogen-bond acceptors (Lipinski definition) is 4. The molecule has 84 valence electrons. The van der Waals surface area contributed by atoms with E-state index in [-0.39, 0.29) is 0 Å². The summed E-state index contributed by atoms with van der Waals surface area (Å²) in [5, 5.41) is 3.09. The Morgan fingerprint density at radius 1 is 1.38 bits per heavy atom. The molecule has 0 fully saturated rings. The average Bonchev–Trinajstić information content (AvgIpc) is 2.33. The number of nitrogens with zero attached hydrogens (tertiary/aromatic N) is 1. The van der Waals surface area contributed by atoms with Gasteiger partial charge < -0.3 is 16.8 Å². The molecule has 0 radical (unpaired) electrons. The summed E-state index contributed by atoms with van der Waals surface area (Å²) in [4.78, 5) is 4.26. The number of nitrogens with one attached hydrogen (secondary N) is 1. The molecule has 2 rings (SSSR count). The van der Waals surface area contributed by atoms with Crippen molar-refractivity contribution in [3.63, 3.8) is 0 Å². The van der Waals surface area contributed by atoms with Crippen LogP contribution in [-0.2, 0) is 6.42 Å². The first-order valence-electron chi connectivity index (χ1n) is 5.29. The van der Waals surface area contributed by atoms with Gasteiger partial charge in [-0.15, -0.1) is 0 Å². The van der Waals surface area contributed by atoms with Crippen LogP contribution in [0.4, 0.5) is 0 Å². The van der Waals surface area contributed by atoms with E-state index in [2.05, 4.69) is 10.3 Å². The second-order valence-corrected chi connectivity index (χ2v) is 3.98. The smallest absolute Gasteiger partial charge is 0.105 e. The maximum Gasteiger partial charge on any atom is 0.105 e. The molecule has 0 aliphatic carbocycles. The summed E-state index contributed by atoms with van der Waals surface area (Å²) < 4.78 is 0. The molecule has 0 spiro atoms. The quantitative estimate of drug-likeness (QED) is 0.692. The number of dihydropyridines is 1. The van der Waals surface area contributed by atoms with E-state index >= 15 is 0 Å². The lowest BCUT2D eigenvalue weighted by molar-refractivity contribution is 0.430. The van der Waals surface area contributed by atoms with Gasteiger partial charge >= 0.3 is 0 Å². The van der Waals surface area contributed by atoms with Crippen LogP contribution in [0.15, 0.2) is 48.4 Å². The van der Waals surface area contributed by atoms with Gasteiger partial charge in [0.2, 0.25) is 0 Å². The molecule has 1 aromatic heterocycles. The highest BCUT2D eigenvalue weighted by Gasteiger charge is 2.21. The van der Waals surface area contributed by atoms with Crippen molar-refractivity contribution in [1.29, 1.82) is 0 Å². The van der Waals surface area contributed by atoms with Gasteiger partial charge in [-0.25, -0.2) is 0 Å². The van der Waals surface area contributed by atoms with Crippen molar-refractivity contribution < 1.29 is 0 Å². The van der Waals surface area contributed by atoms with Crippen LogP contribution in [0.3, 0.4) is 0 Å². The fourth-order valence-corrected chi connectivity index (χ4v) is 1.60. The summed E-state index contributed by atoms with van der Waals surface area (Å²) in [5.41, 5.74) is 13.0. The maximum absolute atomic E-state index is 6.14. The van der Waals surface area contributed by atoms with Gasteiger partial charge in [-0.05, 0) is 37.1 Å². The molecule has 0 bridgehead atoms. The van der Waals surface area contributed by atoms with E-state index in [9.17, 15) is 0 Å². The van der Waals surface area contributed by atoms with Gasteiger partial charge in [0.25, 0.3) is 0 Å². The van der Waals surface area contributed by atoms with Crippen LogP contribution in [0.5, 0.6) is 0 Å². The third kappa shape index (κ3) is 2.61. The largest absolute Gasteiger partial charge is 0.398 e. The Bertz CT molecular complexity index is 410. The van der Waals surface area contributed by atoms with E-state index in [4.69, 9.17) is 11.5 Å². The highest BCUT2D eigenvalue weighted by Crippen LogP contribution is 2.13. The topological polar surface area (TPSA) is 77.0 Å². The first-order chi connectivity index (χ1) is 7.68. The highest BCUT2D eigenvalue weighted by molar-refractivity contribution is 5.24. The van der Waals surface area contributed by atoms with Crippen LogP contribution in [0.25, 0.3) is 0 Å². The fourth-order valence-electron chi connectivity index (χ4n) is 1.60. The molecule has 0 saturated heterocycles. The average molecular weight is 216 g/mol. The zero-order chi connectivity index (χ0) is 11.4. The van der Waals surface area contributed by atoms with Gasteiger partial charge in [-0.3, -0.25) is 4.98 Å². The molecule has 2 heterocycles. The highest BCUT2D eigenvalue weighted by atomic mass is 15.1. The molecule has 4 heteroatoms. The second kappa shape index (κ2) is 4.37. The summed E-state index contributed by atoms with van der Waals surface area (Å²) >= 11 is 0. The molecule has 1 aromatic rings. The molecule has 0 aromatic carbocycles. The number of aryl methyl sites for hydroxylation is 1. The number of rotatable bonds is 3. The van der Waals surface area contributed by atoms with Crippen molar-refractivity contribution in [3.05, 3.63) is 54.1 Å². The lowest BCUT2D eigenvalue weighted by Crippen LogP contribution is -2.51. The lowest BCUT2D eigenvalue weighted by Gasteiger charge is -2.29. The number of hydrogen-bond donors (Lipinski definition) is 3. The predicted octanol–water partition coefficient (Wildman–Crippen LogP) is 0.629. The maximum atomic E-state index is 6.14. The lowest BCUT2D eigenvalue weighted by atomic mass is 10.0. The standard InChI is InChI=1S/C12H16N4/c13-10-4-6-12(14,16-9-10)7-5-11-3-1-2-8-15-11/h1-4,6,8-9,16H,5,7,13-14H2. The van der Waals surface area contributed by atoms with Crippen LogP contribution >= 0.6 is 0 Å². The Labute approximate surface area is 95.1 Å². The van der Waals surface area contributed by atoms with Crippen molar-refractivity contribution in [1.82, 2.24) is 10.3 Å². The summed E-state index contributed by atoms with van der Waals surface area (Å²) in [6.45, 7) is 0. The van der Waals surface area contributed by atoms with Gasteiger partial charge in [-0.2, -0.15) is 0 Å². The van der Waals surface area contributed by atoms with Crippen LogP contribution in [0.2, 0.25) is 0 Å². The predicted molar refractivity (Wildman–Crippen MR) is 64.0 cm³/mol. The summed E-state index contributed by atoms with van der Waals surface area (Å²) in [6.07, 6.45) is 8.87. The zero-order valence-corrected chi connectivity index (χ0v) is 9.06. The Morgan fingerprint density at radius 3 is 2.88 bits per heavy atom. The van der Waals surface area contributed by atoms with E-state index in [1.165, 1.54) is 0 Å². The molecular weight excluding hydrogens is 200 g/mol. The molecule has 0 amide bonds. The van der Waals surface area contributed by atoms with E-state index in [0.717, 1.165) is 18.5 Å². The number of aromatic nitrogens is 1. The summed E-state index contributed by atoms with van der Waals surface area (Å²) in [5.74, 6) is 0. The van der Waals surface area contributed by atoms with Crippen LogP contribution < -0.4 is 16.8 Å². The number of allylic oxidation sites excluding steroid dienone is 1. The molecule has 1 atom stereocenters. The monoisotopic (exact) mass is 216 g/mol. The van der Waals surface area contributed by atoms with Crippen LogP contribution in [-0.4, -0.2) is 10.6 Å². The molecular formula is C12H16N4. The van der Waals surface area contributed by atoms with Crippen molar-refractivity contribution in [2.75, 3.05) is 0 Å². The first-order valence-corrected chi connectivity index (χ1v) is 5.29. The Morgan fingerprint density at radius 2 is 2.25 bits per heavy atom. The van der Waals surface area contributed by atoms with Crippen molar-refractivity contribution >= 4 is 0 Å². The zero-order valence-electron chi connectivity index (χ0n) is 9.06. The third-order valence-electron chi connectivity index (χ3n) is 2.60. The first kappa shape index (κ1) is 10.7. The second-order valence-electron chi connectivity index (χ2n) is 3.98. The van der Waals surface area contributed by atoms with Crippen LogP contribution in [0, 0.1) is 0 Å². The van der Waals surface area contributed by atoms with Gasteiger partial charge in [0.15, 0.2) is 0 Å². The molecule has 16 heavy (non-hydrogen) atoms. The summed E-state index contributed by atoms with van der Waals surface area (Å²) in [6, 6.07) is 5.89. The molecule has 5 N–H and O–H groups in total. The summed E-state index contributed by atoms with van der Waals surface area (Å²) in [7, 11) is 0. The van der Waals surface area contributed by atoms with Crippen molar-refractivity contribution in [2.24, 2.45) is 11.5 Å². The van der Waals surface area contributed by atoms with E-state index < -0.39 is 5.66 Å². The van der Waals surface area contributed by atoms with E-state index in [1.54, 1.807) is 12.4 Å². The molecule has 1 aliphatic rings. The van der Waals surface area contributed by atoms with E-state index in [0.29, 0.717) is 5.70 Å². The Balaban J connectivity index is 1.94. The minimum atomic E-state index is -0.514. The van der Waals surface area contributed by atoms with Gasteiger partial charge in [-0.1, -0.05) is 6.07 Å². The van der Waals surface area contributed by atoms with Gasteiger partial charge in [0, 0.05) is 23.8 Å². The van der Waals surface area contributed by atoms with Gasteiger partial charge in [0.1, 0.15) is 5.66 Å².